The summed E-state index contributed by atoms with van der Waals surface area (Å²) in [6.45, 7) is 7.68. The van der Waals surface area contributed by atoms with Crippen molar-refractivity contribution in [3.05, 3.63) is 0 Å². The third-order valence-corrected chi connectivity index (χ3v) is 4.64. The summed E-state index contributed by atoms with van der Waals surface area (Å²) in [5.74, 6) is 2.01. The van der Waals surface area contributed by atoms with E-state index in [4.69, 9.17) is 10.5 Å². The zero-order chi connectivity index (χ0) is 15.0. The van der Waals surface area contributed by atoms with Gasteiger partial charge >= 0.3 is 0 Å². The van der Waals surface area contributed by atoms with Crippen LogP contribution in [0.3, 0.4) is 0 Å². The maximum atomic E-state index is 12.0. The van der Waals surface area contributed by atoms with E-state index in [-0.39, 0.29) is 11.4 Å². The van der Waals surface area contributed by atoms with Gasteiger partial charge in [-0.2, -0.15) is 0 Å². The first kappa shape index (κ1) is 17.8. The lowest BCUT2D eigenvalue weighted by Gasteiger charge is -2.31. The van der Waals surface area contributed by atoms with Crippen LogP contribution in [0.15, 0.2) is 0 Å². The molecule has 1 aliphatic rings. The molecule has 2 atom stereocenters. The molecule has 1 heterocycles. The highest BCUT2D eigenvalue weighted by Gasteiger charge is 2.25. The molecule has 1 saturated heterocycles. The minimum Gasteiger partial charge on any atom is -0.377 e. The number of carbonyl (C=O) groups is 1. The Balaban J connectivity index is 2.24. The summed E-state index contributed by atoms with van der Waals surface area (Å²) < 4.78 is 5.66. The maximum absolute atomic E-state index is 12.0. The Morgan fingerprint density at radius 2 is 2.25 bits per heavy atom. The summed E-state index contributed by atoms with van der Waals surface area (Å²) in [6, 6.07) is 0. The van der Waals surface area contributed by atoms with Crippen molar-refractivity contribution >= 4 is 17.7 Å². The van der Waals surface area contributed by atoms with Crippen molar-refractivity contribution in [2.45, 2.75) is 58.1 Å². The van der Waals surface area contributed by atoms with Gasteiger partial charge in [0.05, 0.1) is 11.9 Å². The third-order valence-electron chi connectivity index (χ3n) is 3.56. The van der Waals surface area contributed by atoms with E-state index in [1.54, 1.807) is 11.8 Å². The van der Waals surface area contributed by atoms with Gasteiger partial charge in [0.25, 0.3) is 0 Å². The van der Waals surface area contributed by atoms with E-state index in [0.29, 0.717) is 24.3 Å². The Kier molecular flexibility index (Phi) is 7.92. The number of nitrogens with one attached hydrogen (secondary N) is 1. The van der Waals surface area contributed by atoms with Crippen LogP contribution in [0.4, 0.5) is 0 Å². The van der Waals surface area contributed by atoms with Crippen molar-refractivity contribution in [1.29, 1.82) is 0 Å². The van der Waals surface area contributed by atoms with Crippen LogP contribution in [-0.2, 0) is 9.53 Å². The minimum absolute atomic E-state index is 0.0828. The van der Waals surface area contributed by atoms with Crippen LogP contribution in [0.25, 0.3) is 0 Å². The van der Waals surface area contributed by atoms with E-state index >= 15 is 0 Å². The second kappa shape index (κ2) is 8.90. The Morgan fingerprint density at radius 1 is 1.50 bits per heavy atom. The molecule has 0 saturated carbocycles. The van der Waals surface area contributed by atoms with Crippen LogP contribution in [0, 0.1) is 5.92 Å². The van der Waals surface area contributed by atoms with Gasteiger partial charge in [0, 0.05) is 24.4 Å². The summed E-state index contributed by atoms with van der Waals surface area (Å²) in [6.07, 6.45) is 4.79. The number of rotatable bonds is 8. The predicted octanol–water partition coefficient (Wildman–Crippen LogP) is 2.17. The number of amides is 1. The molecule has 0 aromatic rings. The molecule has 0 spiro atoms. The molecule has 3 N–H and O–H groups in total. The maximum Gasteiger partial charge on any atom is 0.230 e. The zero-order valence-electron chi connectivity index (χ0n) is 13.1. The van der Waals surface area contributed by atoms with E-state index in [9.17, 15) is 4.79 Å². The Bertz CT molecular complexity index is 294. The highest BCUT2D eigenvalue weighted by atomic mass is 32.2. The highest BCUT2D eigenvalue weighted by Crippen LogP contribution is 2.18. The molecule has 0 aromatic carbocycles. The van der Waals surface area contributed by atoms with Gasteiger partial charge in [-0.25, -0.2) is 0 Å². The van der Waals surface area contributed by atoms with Crippen LogP contribution in [-0.4, -0.2) is 42.2 Å². The SMILES string of the molecule is CC(C)CC(C)(CN)NC(=O)CSCC1CCCCO1. The molecule has 1 rings (SSSR count). The standard InChI is InChI=1S/C15H30N2O2S/c1-12(2)8-15(3,11-16)17-14(18)10-20-9-13-6-4-5-7-19-13/h12-13H,4-11,16H2,1-3H3,(H,17,18). The van der Waals surface area contributed by atoms with Gasteiger partial charge in [0.2, 0.25) is 5.91 Å². The number of hydrogen-bond donors (Lipinski definition) is 2. The van der Waals surface area contributed by atoms with Crippen molar-refractivity contribution in [3.8, 4) is 0 Å². The topological polar surface area (TPSA) is 64.3 Å². The van der Waals surface area contributed by atoms with Crippen molar-refractivity contribution in [2.75, 3.05) is 24.7 Å². The van der Waals surface area contributed by atoms with E-state index in [1.165, 1.54) is 12.8 Å². The summed E-state index contributed by atoms with van der Waals surface area (Å²) in [5, 5.41) is 3.09. The third kappa shape index (κ3) is 6.95. The average molecular weight is 302 g/mol. The average Bonchev–Trinajstić information content (AvgIpc) is 2.39. The fourth-order valence-electron chi connectivity index (χ4n) is 2.68. The van der Waals surface area contributed by atoms with Gasteiger partial charge < -0.3 is 15.8 Å². The summed E-state index contributed by atoms with van der Waals surface area (Å²) >= 11 is 1.66. The molecule has 0 radical (unpaired) electrons. The Morgan fingerprint density at radius 3 is 2.80 bits per heavy atom. The molecule has 0 aromatic heterocycles. The molecule has 1 amide bonds. The summed E-state index contributed by atoms with van der Waals surface area (Å²) in [5.41, 5.74) is 5.52. The number of nitrogens with two attached hydrogens (primary N) is 1. The monoisotopic (exact) mass is 302 g/mol. The minimum atomic E-state index is -0.285. The largest absolute Gasteiger partial charge is 0.377 e. The van der Waals surface area contributed by atoms with Gasteiger partial charge in [0.1, 0.15) is 0 Å². The van der Waals surface area contributed by atoms with Gasteiger partial charge in [0.15, 0.2) is 0 Å². The molecule has 5 heteroatoms. The molecule has 1 aliphatic heterocycles. The second-order valence-corrected chi connectivity index (χ2v) is 7.44. The van der Waals surface area contributed by atoms with E-state index in [1.807, 2.05) is 6.92 Å². The van der Waals surface area contributed by atoms with Gasteiger partial charge in [-0.3, -0.25) is 4.79 Å². The lowest BCUT2D eigenvalue weighted by molar-refractivity contribution is -0.120. The molecule has 4 nitrogen and oxygen atoms in total. The molecular weight excluding hydrogens is 272 g/mol. The Labute approximate surface area is 127 Å². The molecule has 20 heavy (non-hydrogen) atoms. The summed E-state index contributed by atoms with van der Waals surface area (Å²) in [7, 11) is 0. The van der Waals surface area contributed by atoms with Gasteiger partial charge in [-0.05, 0) is 38.5 Å². The molecular formula is C15H30N2O2S. The van der Waals surface area contributed by atoms with Crippen LogP contribution in [0.5, 0.6) is 0 Å². The smallest absolute Gasteiger partial charge is 0.230 e. The van der Waals surface area contributed by atoms with Crippen LogP contribution in [0.2, 0.25) is 0 Å². The molecule has 1 fully saturated rings. The van der Waals surface area contributed by atoms with Crippen LogP contribution in [0.1, 0.15) is 46.5 Å². The van der Waals surface area contributed by atoms with Gasteiger partial charge in [-0.1, -0.05) is 13.8 Å². The predicted molar refractivity (Wildman–Crippen MR) is 86.0 cm³/mol. The molecule has 2 unspecified atom stereocenters. The highest BCUT2D eigenvalue weighted by molar-refractivity contribution is 7.99. The number of thioether (sulfide) groups is 1. The second-order valence-electron chi connectivity index (χ2n) is 6.41. The summed E-state index contributed by atoms with van der Waals surface area (Å²) in [4.78, 5) is 12.0. The fourth-order valence-corrected chi connectivity index (χ4v) is 3.58. The molecule has 0 aliphatic carbocycles. The number of hydrogen-bond acceptors (Lipinski definition) is 4. The fraction of sp³-hybridized carbons (Fsp3) is 0.933. The van der Waals surface area contributed by atoms with E-state index in [2.05, 4.69) is 19.2 Å². The van der Waals surface area contributed by atoms with E-state index < -0.39 is 0 Å². The first-order valence-corrected chi connectivity index (χ1v) is 8.81. The quantitative estimate of drug-likeness (QED) is 0.721. The lowest BCUT2D eigenvalue weighted by Crippen LogP contribution is -2.52. The molecule has 0 bridgehead atoms. The first-order chi connectivity index (χ1) is 9.45. The van der Waals surface area contributed by atoms with Crippen LogP contribution >= 0.6 is 11.8 Å². The zero-order valence-corrected chi connectivity index (χ0v) is 13.9. The van der Waals surface area contributed by atoms with Crippen molar-refractivity contribution < 1.29 is 9.53 Å². The Hall–Kier alpha value is -0.260. The first-order valence-electron chi connectivity index (χ1n) is 7.65. The molecule has 118 valence electrons. The van der Waals surface area contributed by atoms with Crippen molar-refractivity contribution in [2.24, 2.45) is 11.7 Å². The number of carbonyl (C=O) groups excluding carboxylic acids is 1. The number of ether oxygens (including phenoxy) is 1. The van der Waals surface area contributed by atoms with Gasteiger partial charge in [-0.15, -0.1) is 11.8 Å². The van der Waals surface area contributed by atoms with E-state index in [0.717, 1.165) is 25.2 Å². The van der Waals surface area contributed by atoms with Crippen LogP contribution < -0.4 is 11.1 Å². The van der Waals surface area contributed by atoms with Crippen molar-refractivity contribution in [1.82, 2.24) is 5.32 Å². The van der Waals surface area contributed by atoms with Crippen molar-refractivity contribution in [3.63, 3.8) is 0 Å². The normalized spacial score (nSPS) is 22.6. The lowest BCUT2D eigenvalue weighted by atomic mass is 9.91.